The van der Waals surface area contributed by atoms with Crippen molar-refractivity contribution in [2.24, 2.45) is 0 Å². The van der Waals surface area contributed by atoms with Crippen molar-refractivity contribution in [2.45, 2.75) is 71.1 Å². The quantitative estimate of drug-likeness (QED) is 0.739. The van der Waals surface area contributed by atoms with Crippen molar-refractivity contribution in [2.75, 3.05) is 13.2 Å². The maximum absolute atomic E-state index is 11.9. The number of nitrogens with zero attached hydrogens (tertiary/aromatic N) is 1. The first kappa shape index (κ1) is 15.4. The predicted molar refractivity (Wildman–Crippen MR) is 71.4 cm³/mol. The molecule has 3 unspecified atom stereocenters. The summed E-state index contributed by atoms with van der Waals surface area (Å²) in [5, 5.41) is 10.1. The number of likely N-dealkylation sites (tertiary alicyclic amines) is 1. The Morgan fingerprint density at radius 3 is 2.78 bits per heavy atom. The van der Waals surface area contributed by atoms with Crippen LogP contribution >= 0.6 is 0 Å². The van der Waals surface area contributed by atoms with Gasteiger partial charge in [-0.15, -0.1) is 0 Å². The van der Waals surface area contributed by atoms with Gasteiger partial charge in [0.15, 0.2) is 0 Å². The topological polar surface area (TPSA) is 49.8 Å². The highest BCUT2D eigenvalue weighted by atomic mass is 16.5. The van der Waals surface area contributed by atoms with E-state index in [1.807, 2.05) is 20.8 Å². The van der Waals surface area contributed by atoms with Crippen molar-refractivity contribution >= 4 is 5.97 Å². The van der Waals surface area contributed by atoms with Gasteiger partial charge in [-0.1, -0.05) is 20.3 Å². The molecule has 1 fully saturated rings. The fourth-order valence-electron chi connectivity index (χ4n) is 2.60. The third kappa shape index (κ3) is 3.95. The molecule has 1 saturated heterocycles. The van der Waals surface area contributed by atoms with Gasteiger partial charge in [0.2, 0.25) is 0 Å². The van der Waals surface area contributed by atoms with Crippen molar-refractivity contribution in [3.8, 4) is 0 Å². The van der Waals surface area contributed by atoms with Gasteiger partial charge in [-0.05, 0) is 39.2 Å². The second-order valence-electron chi connectivity index (χ2n) is 5.12. The monoisotopic (exact) mass is 257 g/mol. The minimum absolute atomic E-state index is 0.105. The van der Waals surface area contributed by atoms with E-state index in [1.54, 1.807) is 0 Å². The van der Waals surface area contributed by atoms with Crippen LogP contribution in [-0.2, 0) is 9.53 Å². The Kier molecular flexibility index (Phi) is 6.65. The highest BCUT2D eigenvalue weighted by Crippen LogP contribution is 2.23. The van der Waals surface area contributed by atoms with E-state index >= 15 is 0 Å². The molecule has 0 saturated carbocycles. The first-order valence-corrected chi connectivity index (χ1v) is 7.22. The molecule has 18 heavy (non-hydrogen) atoms. The van der Waals surface area contributed by atoms with Crippen LogP contribution in [0.25, 0.3) is 0 Å². The van der Waals surface area contributed by atoms with Crippen molar-refractivity contribution in [1.82, 2.24) is 4.90 Å². The Labute approximate surface area is 110 Å². The molecule has 1 aliphatic heterocycles. The number of esters is 1. The van der Waals surface area contributed by atoms with Crippen molar-refractivity contribution in [3.63, 3.8) is 0 Å². The van der Waals surface area contributed by atoms with E-state index in [4.69, 9.17) is 4.74 Å². The second kappa shape index (κ2) is 7.74. The van der Waals surface area contributed by atoms with Crippen LogP contribution in [0, 0.1) is 0 Å². The largest absolute Gasteiger partial charge is 0.465 e. The minimum Gasteiger partial charge on any atom is -0.465 e. The third-order valence-electron chi connectivity index (χ3n) is 3.74. The molecular weight excluding hydrogens is 230 g/mol. The van der Waals surface area contributed by atoms with Gasteiger partial charge in [0.05, 0.1) is 12.7 Å². The Balaban J connectivity index is 2.61. The summed E-state index contributed by atoms with van der Waals surface area (Å²) in [7, 11) is 0. The van der Waals surface area contributed by atoms with Crippen LogP contribution in [0.1, 0.15) is 52.9 Å². The number of carbonyl (C=O) groups is 1. The molecule has 1 N–H and O–H groups in total. The molecule has 4 heteroatoms. The average molecular weight is 257 g/mol. The summed E-state index contributed by atoms with van der Waals surface area (Å²) < 4.78 is 5.21. The number of piperidine rings is 1. The van der Waals surface area contributed by atoms with Gasteiger partial charge in [-0.2, -0.15) is 0 Å². The van der Waals surface area contributed by atoms with Gasteiger partial charge in [0.25, 0.3) is 0 Å². The molecule has 0 aromatic carbocycles. The highest BCUT2D eigenvalue weighted by molar-refractivity contribution is 5.75. The number of aliphatic hydroxyl groups excluding tert-OH is 1. The zero-order valence-corrected chi connectivity index (χ0v) is 11.9. The lowest BCUT2D eigenvalue weighted by Crippen LogP contribution is -2.53. The Bertz CT molecular complexity index is 257. The fraction of sp³-hybridized carbons (Fsp3) is 0.929. The van der Waals surface area contributed by atoms with Gasteiger partial charge in [0.1, 0.15) is 6.04 Å². The molecule has 0 radical (unpaired) electrons. The minimum atomic E-state index is -0.341. The second-order valence-corrected chi connectivity index (χ2v) is 5.12. The molecular formula is C14H27NO3. The molecule has 0 aromatic heterocycles. The molecule has 1 rings (SSSR count). The summed E-state index contributed by atoms with van der Waals surface area (Å²) in [6.07, 6.45) is 4.44. The van der Waals surface area contributed by atoms with Crippen molar-refractivity contribution in [3.05, 3.63) is 0 Å². The Morgan fingerprint density at radius 2 is 2.17 bits per heavy atom. The van der Waals surface area contributed by atoms with Crippen molar-refractivity contribution < 1.29 is 14.6 Å². The smallest absolute Gasteiger partial charge is 0.323 e. The van der Waals surface area contributed by atoms with Crippen LogP contribution in [0.4, 0.5) is 0 Å². The van der Waals surface area contributed by atoms with Crippen LogP contribution in [0.2, 0.25) is 0 Å². The van der Waals surface area contributed by atoms with Crippen LogP contribution < -0.4 is 0 Å². The van der Waals surface area contributed by atoms with E-state index in [0.717, 1.165) is 38.6 Å². The van der Waals surface area contributed by atoms with Crippen LogP contribution in [-0.4, -0.2) is 47.3 Å². The number of hydrogen-bond acceptors (Lipinski definition) is 4. The summed E-state index contributed by atoms with van der Waals surface area (Å²) in [6, 6.07) is -0.143. The number of aliphatic hydroxyl groups is 1. The summed E-state index contributed by atoms with van der Waals surface area (Å²) in [5.41, 5.74) is 0. The van der Waals surface area contributed by atoms with E-state index in [-0.39, 0.29) is 24.2 Å². The average Bonchev–Trinajstić information content (AvgIpc) is 2.43. The van der Waals surface area contributed by atoms with Crippen LogP contribution in [0.15, 0.2) is 0 Å². The maximum atomic E-state index is 11.9. The zero-order valence-electron chi connectivity index (χ0n) is 11.9. The molecule has 0 amide bonds. The third-order valence-corrected chi connectivity index (χ3v) is 3.74. The van der Waals surface area contributed by atoms with E-state index in [9.17, 15) is 9.90 Å². The lowest BCUT2D eigenvalue weighted by atomic mass is 9.94. The summed E-state index contributed by atoms with van der Waals surface area (Å²) in [5.74, 6) is -0.160. The standard InChI is InChI=1S/C14H27NO3/c1-4-10-18-14(17)11(3)15-9-7-6-8-12(15)13(16)5-2/h11-13,16H,4-10H2,1-3H3. The lowest BCUT2D eigenvalue weighted by molar-refractivity contribution is -0.152. The lowest BCUT2D eigenvalue weighted by Gasteiger charge is -2.40. The number of rotatable bonds is 6. The molecule has 0 bridgehead atoms. The molecule has 4 nitrogen and oxygen atoms in total. The maximum Gasteiger partial charge on any atom is 0.323 e. The number of hydrogen-bond donors (Lipinski definition) is 1. The first-order chi connectivity index (χ1) is 8.61. The highest BCUT2D eigenvalue weighted by Gasteiger charge is 2.34. The summed E-state index contributed by atoms with van der Waals surface area (Å²) in [6.45, 7) is 7.22. The van der Waals surface area contributed by atoms with Crippen LogP contribution in [0.5, 0.6) is 0 Å². The SMILES string of the molecule is CCCOC(=O)C(C)N1CCCCC1C(O)CC. The van der Waals surface area contributed by atoms with Crippen LogP contribution in [0.3, 0.4) is 0 Å². The Hall–Kier alpha value is -0.610. The van der Waals surface area contributed by atoms with E-state index in [1.165, 1.54) is 0 Å². The molecule has 0 aliphatic carbocycles. The number of ether oxygens (including phenoxy) is 1. The molecule has 106 valence electrons. The molecule has 0 aromatic rings. The Morgan fingerprint density at radius 1 is 1.44 bits per heavy atom. The first-order valence-electron chi connectivity index (χ1n) is 7.22. The van der Waals surface area contributed by atoms with Gasteiger partial charge >= 0.3 is 5.97 Å². The van der Waals surface area contributed by atoms with Crippen molar-refractivity contribution in [1.29, 1.82) is 0 Å². The molecule has 1 heterocycles. The van der Waals surface area contributed by atoms with Gasteiger partial charge in [0, 0.05) is 6.04 Å². The molecule has 0 spiro atoms. The molecule has 1 aliphatic rings. The number of carbonyl (C=O) groups excluding carboxylic acids is 1. The summed E-state index contributed by atoms with van der Waals surface area (Å²) in [4.78, 5) is 14.0. The zero-order chi connectivity index (χ0) is 13.5. The van der Waals surface area contributed by atoms with Gasteiger partial charge < -0.3 is 9.84 Å². The van der Waals surface area contributed by atoms with E-state index < -0.39 is 0 Å². The van der Waals surface area contributed by atoms with Gasteiger partial charge in [-0.25, -0.2) is 0 Å². The van der Waals surface area contributed by atoms with Gasteiger partial charge in [-0.3, -0.25) is 9.69 Å². The normalized spacial score (nSPS) is 24.6. The van der Waals surface area contributed by atoms with E-state index in [2.05, 4.69) is 4.90 Å². The molecule has 3 atom stereocenters. The summed E-state index contributed by atoms with van der Waals surface area (Å²) >= 11 is 0. The fourth-order valence-corrected chi connectivity index (χ4v) is 2.60. The predicted octanol–water partition coefficient (Wildman–Crippen LogP) is 1.95. The van der Waals surface area contributed by atoms with E-state index in [0.29, 0.717) is 6.61 Å².